The van der Waals surface area contributed by atoms with Crippen LogP contribution in [-0.2, 0) is 20.0 Å². The van der Waals surface area contributed by atoms with Crippen molar-refractivity contribution in [3.05, 3.63) is 53.6 Å². The maximum Gasteiger partial charge on any atom is 0.265 e. The maximum atomic E-state index is 13.3. The van der Waals surface area contributed by atoms with Gasteiger partial charge in [0.15, 0.2) is 6.23 Å². The van der Waals surface area contributed by atoms with Crippen molar-refractivity contribution in [2.24, 2.45) is 5.41 Å². The van der Waals surface area contributed by atoms with E-state index in [1.54, 1.807) is 28.0 Å². The molecule has 0 saturated heterocycles. The second-order valence-corrected chi connectivity index (χ2v) is 12.9. The average molecular weight is 510 g/mol. The molecule has 2 aromatic rings. The van der Waals surface area contributed by atoms with E-state index in [-0.39, 0.29) is 33.1 Å². The molecule has 0 bridgehead atoms. The summed E-state index contributed by atoms with van der Waals surface area (Å²) >= 11 is 0. The van der Waals surface area contributed by atoms with E-state index >= 15 is 0 Å². The fourth-order valence-corrected chi connectivity index (χ4v) is 5.60. The molecule has 1 aromatic heterocycles. The van der Waals surface area contributed by atoms with Gasteiger partial charge in [0.25, 0.3) is 10.0 Å². The molecule has 11 nitrogen and oxygen atoms in total. The highest BCUT2D eigenvalue weighted by Crippen LogP contribution is 2.34. The number of hydrogen-bond acceptors (Lipinski definition) is 8. The molecule has 2 aliphatic rings. The quantitative estimate of drug-likeness (QED) is 0.451. The van der Waals surface area contributed by atoms with Gasteiger partial charge in [0.2, 0.25) is 15.8 Å². The van der Waals surface area contributed by atoms with Crippen molar-refractivity contribution < 1.29 is 26.7 Å². The highest BCUT2D eigenvalue weighted by Gasteiger charge is 2.40. The second kappa shape index (κ2) is 8.03. The van der Waals surface area contributed by atoms with Crippen molar-refractivity contribution >= 4 is 37.2 Å². The molecule has 0 spiro atoms. The first-order valence-electron chi connectivity index (χ1n) is 10.5. The third kappa shape index (κ3) is 4.63. The summed E-state index contributed by atoms with van der Waals surface area (Å²) in [5.74, 6) is -0.671. The molecule has 34 heavy (non-hydrogen) atoms. The highest BCUT2D eigenvalue weighted by atomic mass is 32.2. The van der Waals surface area contributed by atoms with Crippen LogP contribution in [0.2, 0.25) is 0 Å². The van der Waals surface area contributed by atoms with E-state index in [1.807, 2.05) is 0 Å². The van der Waals surface area contributed by atoms with Crippen molar-refractivity contribution in [2.45, 2.75) is 38.3 Å². The summed E-state index contributed by atoms with van der Waals surface area (Å²) in [6.07, 6.45) is 1.92. The number of nitrogens with zero attached hydrogens (tertiary/aromatic N) is 2. The minimum absolute atomic E-state index is 0.0386. The van der Waals surface area contributed by atoms with Crippen LogP contribution in [0.5, 0.6) is 0 Å². The Kier molecular flexibility index (Phi) is 5.69. The Balaban J connectivity index is 1.77. The van der Waals surface area contributed by atoms with E-state index in [1.165, 1.54) is 18.2 Å². The Morgan fingerprint density at radius 1 is 1.21 bits per heavy atom. The Labute approximate surface area is 198 Å². The fourth-order valence-electron chi connectivity index (χ4n) is 3.82. The Bertz CT molecular complexity index is 1400. The van der Waals surface area contributed by atoms with Gasteiger partial charge in [-0.3, -0.25) is 23.9 Å². The summed E-state index contributed by atoms with van der Waals surface area (Å²) in [4.78, 5) is 13.1. The molecule has 0 saturated carbocycles. The van der Waals surface area contributed by atoms with E-state index in [0.717, 1.165) is 6.26 Å². The number of hydrogen-bond donors (Lipinski definition) is 4. The second-order valence-electron chi connectivity index (χ2n) is 9.52. The number of sulfonamides is 2. The molecule has 0 fully saturated rings. The molecule has 1 unspecified atom stereocenters. The molecular weight excluding hydrogens is 482 g/mol. The van der Waals surface area contributed by atoms with Gasteiger partial charge in [-0.05, 0) is 42.2 Å². The summed E-state index contributed by atoms with van der Waals surface area (Å²) in [6, 6.07) is 7.25. The lowest BCUT2D eigenvalue weighted by Crippen LogP contribution is -2.53. The number of Topliss-reactive ketones (excluding diaryl/α,β-unsaturated/α-hetero) is 1. The minimum atomic E-state index is -4.18. The number of ketones is 1. The molecule has 0 radical (unpaired) electrons. The van der Waals surface area contributed by atoms with E-state index in [4.69, 9.17) is 0 Å². The van der Waals surface area contributed by atoms with Crippen LogP contribution >= 0.6 is 0 Å². The zero-order valence-electron chi connectivity index (χ0n) is 19.2. The number of aliphatic hydroxyl groups is 1. The van der Waals surface area contributed by atoms with Crippen LogP contribution in [0.25, 0.3) is 0 Å². The fraction of sp³-hybridized carbons (Fsp3) is 0.381. The largest absolute Gasteiger partial charge is 0.368 e. The first-order chi connectivity index (χ1) is 15.7. The van der Waals surface area contributed by atoms with Gasteiger partial charge in [-0.2, -0.15) is 0 Å². The number of benzene rings is 1. The van der Waals surface area contributed by atoms with Crippen LogP contribution in [0.3, 0.4) is 0 Å². The van der Waals surface area contributed by atoms with Crippen LogP contribution in [-0.4, -0.2) is 51.4 Å². The van der Waals surface area contributed by atoms with Gasteiger partial charge >= 0.3 is 0 Å². The number of rotatable bonds is 4. The highest BCUT2D eigenvalue weighted by molar-refractivity contribution is 7.92. The number of nitrogens with one attached hydrogen (secondary N) is 3. The molecule has 13 heteroatoms. The topological polar surface area (TPSA) is 150 Å². The van der Waals surface area contributed by atoms with Crippen molar-refractivity contribution in [1.29, 1.82) is 0 Å². The van der Waals surface area contributed by atoms with Crippen molar-refractivity contribution in [3.63, 3.8) is 0 Å². The van der Waals surface area contributed by atoms with Gasteiger partial charge in [-0.1, -0.05) is 20.8 Å². The van der Waals surface area contributed by atoms with Crippen LogP contribution in [0, 0.1) is 5.41 Å². The van der Waals surface area contributed by atoms with Crippen LogP contribution in [0.15, 0.2) is 52.8 Å². The van der Waals surface area contributed by atoms with Crippen LogP contribution in [0.1, 0.15) is 37.7 Å². The molecule has 3 heterocycles. The lowest BCUT2D eigenvalue weighted by Gasteiger charge is -2.39. The van der Waals surface area contributed by atoms with Crippen LogP contribution in [0.4, 0.5) is 11.4 Å². The van der Waals surface area contributed by atoms with Crippen molar-refractivity contribution in [3.8, 4) is 0 Å². The summed E-state index contributed by atoms with van der Waals surface area (Å²) in [7, 11) is -7.79. The molecule has 4 N–H and O–H groups in total. The monoisotopic (exact) mass is 509 g/mol. The van der Waals surface area contributed by atoms with E-state index < -0.39 is 32.1 Å². The summed E-state index contributed by atoms with van der Waals surface area (Å²) in [5, 5.41) is 15.7. The normalized spacial score (nSPS) is 21.9. The van der Waals surface area contributed by atoms with Gasteiger partial charge in [0, 0.05) is 18.4 Å². The number of carbonyl (C=O) groups excluding carboxylic acids is 1. The third-order valence-corrected chi connectivity index (χ3v) is 7.45. The molecule has 184 valence electrons. The van der Waals surface area contributed by atoms with Gasteiger partial charge in [0.05, 0.1) is 17.5 Å². The van der Waals surface area contributed by atoms with E-state index in [0.29, 0.717) is 18.7 Å². The first-order valence-corrected chi connectivity index (χ1v) is 13.9. The Morgan fingerprint density at radius 3 is 2.56 bits per heavy atom. The number of aliphatic hydroxyl groups excluding tert-OH is 1. The van der Waals surface area contributed by atoms with Gasteiger partial charge in [0.1, 0.15) is 16.4 Å². The van der Waals surface area contributed by atoms with E-state index in [9.17, 15) is 26.7 Å². The standard InChI is InChI=1S/C21H27N5O6S2/c1-21(2,3)9-11-26-20(28)17(18(27)15-6-5-10-25(15)26)19-22-14-8-7-13(23-33(4,29)30)12-16(14)34(31,32)24-19/h5-8,10,12,20,22-24,28H,9,11H2,1-4H3. The Morgan fingerprint density at radius 2 is 1.91 bits per heavy atom. The smallest absolute Gasteiger partial charge is 0.265 e. The third-order valence-electron chi connectivity index (χ3n) is 5.45. The van der Waals surface area contributed by atoms with Gasteiger partial charge < -0.3 is 10.4 Å². The molecule has 4 rings (SSSR count). The summed E-state index contributed by atoms with van der Waals surface area (Å²) < 4.78 is 55.2. The number of anilines is 2. The predicted octanol–water partition coefficient (Wildman–Crippen LogP) is 1.36. The molecular formula is C21H27N5O6S2. The molecule has 2 aliphatic heterocycles. The zero-order valence-corrected chi connectivity index (χ0v) is 20.8. The number of fused-ring (bicyclic) bond motifs is 2. The first kappa shape index (κ1) is 24.1. The lowest BCUT2D eigenvalue weighted by atomic mass is 9.92. The minimum Gasteiger partial charge on any atom is -0.368 e. The average Bonchev–Trinajstić information content (AvgIpc) is 3.16. The molecule has 0 amide bonds. The van der Waals surface area contributed by atoms with Gasteiger partial charge in [-0.25, -0.2) is 16.8 Å². The maximum absolute atomic E-state index is 13.3. The zero-order chi connectivity index (χ0) is 25.1. The summed E-state index contributed by atoms with van der Waals surface area (Å²) in [6.45, 7) is 6.60. The molecule has 1 aromatic carbocycles. The summed E-state index contributed by atoms with van der Waals surface area (Å²) in [5.41, 5.74) is 0.337. The van der Waals surface area contributed by atoms with Crippen molar-refractivity contribution in [2.75, 3.05) is 27.8 Å². The molecule has 0 aliphatic carbocycles. The van der Waals surface area contributed by atoms with Crippen molar-refractivity contribution in [1.82, 2.24) is 9.40 Å². The molecule has 1 atom stereocenters. The lowest BCUT2D eigenvalue weighted by molar-refractivity contribution is 0.0904. The van der Waals surface area contributed by atoms with E-state index in [2.05, 4.69) is 35.5 Å². The predicted molar refractivity (Wildman–Crippen MR) is 128 cm³/mol. The number of carbonyl (C=O) groups is 1. The Hall–Kier alpha value is -3.03. The number of aromatic nitrogens is 1. The SMILES string of the molecule is CC(C)(C)CCN1C(O)C(=C2Nc3ccc(NS(C)(=O)=O)cc3S(=O)(=O)N2)C(=O)c2cccn21. The van der Waals surface area contributed by atoms with Gasteiger partial charge in [-0.15, -0.1) is 0 Å². The van der Waals surface area contributed by atoms with Crippen LogP contribution < -0.4 is 19.8 Å².